The highest BCUT2D eigenvalue weighted by molar-refractivity contribution is 4.95. The van der Waals surface area contributed by atoms with E-state index in [1.807, 2.05) is 0 Å². The summed E-state index contributed by atoms with van der Waals surface area (Å²) in [5.74, 6) is 0. The van der Waals surface area contributed by atoms with Gasteiger partial charge in [0.05, 0.1) is 18.8 Å². The van der Waals surface area contributed by atoms with E-state index in [0.29, 0.717) is 24.3 Å². The fourth-order valence-corrected chi connectivity index (χ4v) is 2.60. The van der Waals surface area contributed by atoms with Crippen molar-refractivity contribution in [2.24, 2.45) is 0 Å². The Morgan fingerprint density at radius 1 is 1.50 bits per heavy atom. The van der Waals surface area contributed by atoms with Crippen LogP contribution >= 0.6 is 0 Å². The van der Waals surface area contributed by atoms with Crippen molar-refractivity contribution >= 4 is 0 Å². The van der Waals surface area contributed by atoms with E-state index in [-0.39, 0.29) is 0 Å². The summed E-state index contributed by atoms with van der Waals surface area (Å²) in [7, 11) is 1.77. The molecule has 2 saturated heterocycles. The summed E-state index contributed by atoms with van der Waals surface area (Å²) in [5, 5.41) is 3.65. The Morgan fingerprint density at radius 3 is 2.86 bits per heavy atom. The van der Waals surface area contributed by atoms with E-state index in [4.69, 9.17) is 9.47 Å². The molecule has 0 spiro atoms. The monoisotopic (exact) mass is 199 g/mol. The first-order valence-electron chi connectivity index (χ1n) is 5.74. The number of rotatable bonds is 5. The molecular weight excluding hydrogens is 178 g/mol. The normalized spacial score (nSPS) is 37.7. The maximum Gasteiger partial charge on any atom is 0.0733 e. The third-order valence-corrected chi connectivity index (χ3v) is 3.42. The lowest BCUT2D eigenvalue weighted by Crippen LogP contribution is -2.45. The molecule has 2 bridgehead atoms. The zero-order valence-corrected chi connectivity index (χ0v) is 9.16. The van der Waals surface area contributed by atoms with Crippen molar-refractivity contribution in [1.29, 1.82) is 0 Å². The lowest BCUT2D eigenvalue weighted by molar-refractivity contribution is 0.0917. The summed E-state index contributed by atoms with van der Waals surface area (Å²) >= 11 is 0. The van der Waals surface area contributed by atoms with Gasteiger partial charge in [-0.25, -0.2) is 0 Å². The first-order chi connectivity index (χ1) is 6.83. The molecule has 14 heavy (non-hydrogen) atoms. The third-order valence-electron chi connectivity index (χ3n) is 3.42. The number of ether oxygens (including phenoxy) is 2. The van der Waals surface area contributed by atoms with Crippen LogP contribution in [0.5, 0.6) is 0 Å². The van der Waals surface area contributed by atoms with Gasteiger partial charge in [0, 0.05) is 19.2 Å². The van der Waals surface area contributed by atoms with Gasteiger partial charge in [0.1, 0.15) is 0 Å². The van der Waals surface area contributed by atoms with E-state index in [9.17, 15) is 0 Å². The van der Waals surface area contributed by atoms with Crippen LogP contribution in [0.2, 0.25) is 0 Å². The maximum atomic E-state index is 5.81. The highest BCUT2D eigenvalue weighted by atomic mass is 16.5. The Morgan fingerprint density at radius 2 is 2.36 bits per heavy atom. The van der Waals surface area contributed by atoms with Crippen molar-refractivity contribution in [3.8, 4) is 0 Å². The van der Waals surface area contributed by atoms with Crippen LogP contribution < -0.4 is 5.32 Å². The molecule has 2 fully saturated rings. The second-order valence-electron chi connectivity index (χ2n) is 4.44. The summed E-state index contributed by atoms with van der Waals surface area (Å²) in [6, 6.07) is 1.07. The average Bonchev–Trinajstić information content (AvgIpc) is 2.78. The van der Waals surface area contributed by atoms with Gasteiger partial charge in [0.15, 0.2) is 0 Å². The molecule has 3 nitrogen and oxygen atoms in total. The standard InChI is InChI=1S/C11H21NO2/c1-3-8(7-13-2)12-10-6-9-4-5-11(10)14-9/h8-12H,3-7H2,1-2H3. The molecule has 0 amide bonds. The lowest BCUT2D eigenvalue weighted by atomic mass is 9.95. The second-order valence-corrected chi connectivity index (χ2v) is 4.44. The summed E-state index contributed by atoms with van der Waals surface area (Å²) in [4.78, 5) is 0. The summed E-state index contributed by atoms with van der Waals surface area (Å²) < 4.78 is 11.0. The summed E-state index contributed by atoms with van der Waals surface area (Å²) in [5.41, 5.74) is 0. The van der Waals surface area contributed by atoms with E-state index in [2.05, 4.69) is 12.2 Å². The van der Waals surface area contributed by atoms with Gasteiger partial charge in [-0.2, -0.15) is 0 Å². The van der Waals surface area contributed by atoms with E-state index < -0.39 is 0 Å². The topological polar surface area (TPSA) is 30.5 Å². The second kappa shape index (κ2) is 4.60. The molecule has 4 atom stereocenters. The van der Waals surface area contributed by atoms with Gasteiger partial charge in [0.25, 0.3) is 0 Å². The average molecular weight is 199 g/mol. The van der Waals surface area contributed by atoms with E-state index in [1.165, 1.54) is 19.3 Å². The summed E-state index contributed by atoms with van der Waals surface area (Å²) in [6.45, 7) is 3.01. The SMILES string of the molecule is CCC(COC)NC1CC2CCC1O2. The van der Waals surface area contributed by atoms with Crippen LogP contribution in [0.1, 0.15) is 32.6 Å². The predicted molar refractivity (Wildman–Crippen MR) is 55.4 cm³/mol. The van der Waals surface area contributed by atoms with Crippen molar-refractivity contribution in [1.82, 2.24) is 5.32 Å². The van der Waals surface area contributed by atoms with Gasteiger partial charge < -0.3 is 14.8 Å². The maximum absolute atomic E-state index is 5.81. The predicted octanol–water partition coefficient (Wildman–Crippen LogP) is 1.32. The van der Waals surface area contributed by atoms with Gasteiger partial charge in [-0.05, 0) is 25.7 Å². The molecule has 0 radical (unpaired) electrons. The molecular formula is C11H21NO2. The van der Waals surface area contributed by atoms with Crippen LogP contribution in [-0.4, -0.2) is 38.0 Å². The largest absolute Gasteiger partial charge is 0.383 e. The quantitative estimate of drug-likeness (QED) is 0.724. The van der Waals surface area contributed by atoms with E-state index in [1.54, 1.807) is 7.11 Å². The van der Waals surface area contributed by atoms with Gasteiger partial charge in [-0.15, -0.1) is 0 Å². The highest BCUT2D eigenvalue weighted by Crippen LogP contribution is 2.34. The van der Waals surface area contributed by atoms with Crippen LogP contribution in [0, 0.1) is 0 Å². The van der Waals surface area contributed by atoms with Gasteiger partial charge >= 0.3 is 0 Å². The van der Waals surface area contributed by atoms with Crippen LogP contribution in [0.25, 0.3) is 0 Å². The molecule has 2 aliphatic rings. The van der Waals surface area contributed by atoms with Crippen LogP contribution in [-0.2, 0) is 9.47 Å². The zero-order chi connectivity index (χ0) is 9.97. The first-order valence-corrected chi connectivity index (χ1v) is 5.74. The number of fused-ring (bicyclic) bond motifs is 2. The molecule has 0 aromatic carbocycles. The molecule has 0 aliphatic carbocycles. The Hall–Kier alpha value is -0.120. The molecule has 2 heterocycles. The highest BCUT2D eigenvalue weighted by Gasteiger charge is 2.41. The van der Waals surface area contributed by atoms with Crippen molar-refractivity contribution in [2.75, 3.05) is 13.7 Å². The minimum Gasteiger partial charge on any atom is -0.383 e. The number of methoxy groups -OCH3 is 1. The molecule has 2 aliphatic heterocycles. The van der Waals surface area contributed by atoms with Crippen LogP contribution in [0.15, 0.2) is 0 Å². The fraction of sp³-hybridized carbons (Fsp3) is 1.00. The molecule has 4 unspecified atom stereocenters. The van der Waals surface area contributed by atoms with E-state index in [0.717, 1.165) is 13.0 Å². The Bertz CT molecular complexity index is 186. The molecule has 0 saturated carbocycles. The molecule has 82 valence electrons. The van der Waals surface area contributed by atoms with Crippen molar-refractivity contribution in [2.45, 2.75) is 56.9 Å². The van der Waals surface area contributed by atoms with Gasteiger partial charge in [-0.3, -0.25) is 0 Å². The van der Waals surface area contributed by atoms with Crippen molar-refractivity contribution in [3.05, 3.63) is 0 Å². The Kier molecular flexibility index (Phi) is 3.42. The van der Waals surface area contributed by atoms with Crippen molar-refractivity contribution in [3.63, 3.8) is 0 Å². The van der Waals surface area contributed by atoms with Gasteiger partial charge in [0.2, 0.25) is 0 Å². The van der Waals surface area contributed by atoms with Crippen LogP contribution in [0.3, 0.4) is 0 Å². The number of hydrogen-bond acceptors (Lipinski definition) is 3. The molecule has 0 aromatic heterocycles. The van der Waals surface area contributed by atoms with Crippen LogP contribution in [0.4, 0.5) is 0 Å². The Balaban J connectivity index is 1.79. The minimum absolute atomic E-state index is 0.478. The first kappa shape index (κ1) is 10.4. The zero-order valence-electron chi connectivity index (χ0n) is 9.16. The summed E-state index contributed by atoms with van der Waals surface area (Å²) in [6.07, 6.45) is 5.85. The third kappa shape index (κ3) is 2.10. The fourth-order valence-electron chi connectivity index (χ4n) is 2.60. The lowest BCUT2D eigenvalue weighted by Gasteiger charge is -2.25. The number of hydrogen-bond donors (Lipinski definition) is 1. The van der Waals surface area contributed by atoms with E-state index >= 15 is 0 Å². The Labute approximate surface area is 86.2 Å². The van der Waals surface area contributed by atoms with Crippen molar-refractivity contribution < 1.29 is 9.47 Å². The smallest absolute Gasteiger partial charge is 0.0733 e. The number of nitrogens with one attached hydrogen (secondary N) is 1. The molecule has 2 rings (SSSR count). The molecule has 3 heteroatoms. The molecule has 0 aromatic rings. The van der Waals surface area contributed by atoms with Gasteiger partial charge in [-0.1, -0.05) is 6.92 Å². The molecule has 1 N–H and O–H groups in total. The minimum atomic E-state index is 0.478.